The molecule has 0 saturated heterocycles. The van der Waals surface area contributed by atoms with E-state index in [-0.39, 0.29) is 22.9 Å². The van der Waals surface area contributed by atoms with E-state index in [9.17, 15) is 14.7 Å². The molecule has 8 heteroatoms. The van der Waals surface area contributed by atoms with E-state index in [2.05, 4.69) is 15.6 Å². The van der Waals surface area contributed by atoms with Crippen molar-refractivity contribution in [2.75, 3.05) is 10.4 Å². The number of amides is 1. The lowest BCUT2D eigenvalue weighted by Gasteiger charge is -2.13. The highest BCUT2D eigenvalue weighted by Gasteiger charge is 2.31. The summed E-state index contributed by atoms with van der Waals surface area (Å²) in [5.74, 6) is -1.47. The second kappa shape index (κ2) is 8.58. The van der Waals surface area contributed by atoms with Crippen LogP contribution in [0.1, 0.15) is 28.4 Å². The first kappa shape index (κ1) is 21.8. The molecular weight excluding hydrogens is 420 g/mol. The van der Waals surface area contributed by atoms with E-state index in [0.29, 0.717) is 28.2 Å². The number of carbonyl (C=O) groups is 2. The number of nitrogens with zero attached hydrogens (tertiary/aromatic N) is 3. The molecule has 0 unspecified atom stereocenters. The summed E-state index contributed by atoms with van der Waals surface area (Å²) in [4.78, 5) is 24.0. The number of phenolic OH excluding ortho intramolecular Hbond substituents is 1. The number of carbonyl (C=O) groups excluding carboxylic acids is 1. The summed E-state index contributed by atoms with van der Waals surface area (Å²) in [6, 6.07) is 16.9. The van der Waals surface area contributed by atoms with Gasteiger partial charge in [0.05, 0.1) is 22.6 Å². The van der Waals surface area contributed by atoms with Crippen LogP contribution in [0.15, 0.2) is 70.9 Å². The van der Waals surface area contributed by atoms with Gasteiger partial charge >= 0.3 is 11.9 Å². The van der Waals surface area contributed by atoms with E-state index in [1.165, 1.54) is 17.1 Å². The lowest BCUT2D eigenvalue weighted by Crippen LogP contribution is -2.28. The van der Waals surface area contributed by atoms with Crippen molar-refractivity contribution in [3.8, 4) is 16.9 Å². The smallest absolute Gasteiger partial charge is 0.335 e. The fraction of sp³-hybridized carbons (Fsp3) is 0.120. The zero-order chi connectivity index (χ0) is 23.7. The summed E-state index contributed by atoms with van der Waals surface area (Å²) in [5, 5.41) is 29.7. The minimum Gasteiger partial charge on any atom is -0.505 e. The van der Waals surface area contributed by atoms with Gasteiger partial charge in [-0.3, -0.25) is 10.2 Å². The largest absolute Gasteiger partial charge is 0.505 e. The van der Waals surface area contributed by atoms with Crippen LogP contribution in [-0.2, 0) is 4.79 Å². The van der Waals surface area contributed by atoms with Crippen molar-refractivity contribution in [2.24, 2.45) is 10.2 Å². The minimum atomic E-state index is -1.02. The highest BCUT2D eigenvalue weighted by Crippen LogP contribution is 2.35. The number of para-hydroxylation sites is 1. The van der Waals surface area contributed by atoms with Gasteiger partial charge in [0.1, 0.15) is 5.75 Å². The number of phenols is 1. The van der Waals surface area contributed by atoms with Gasteiger partial charge in [-0.25, -0.2) is 4.79 Å². The third-order valence-corrected chi connectivity index (χ3v) is 5.49. The molecule has 4 rings (SSSR count). The van der Waals surface area contributed by atoms with Gasteiger partial charge in [0.2, 0.25) is 0 Å². The number of carboxylic acids is 1. The fourth-order valence-corrected chi connectivity index (χ4v) is 3.43. The number of hydrazone groups is 2. The molecule has 0 aromatic heterocycles. The van der Waals surface area contributed by atoms with Crippen molar-refractivity contribution < 1.29 is 19.8 Å². The Bertz CT molecular complexity index is 1330. The molecule has 0 bridgehead atoms. The first-order chi connectivity index (χ1) is 15.8. The normalized spacial score (nSPS) is 14.5. The molecule has 0 aliphatic carbocycles. The molecule has 33 heavy (non-hydrogen) atoms. The van der Waals surface area contributed by atoms with Crippen LogP contribution in [0.4, 0.5) is 11.4 Å². The van der Waals surface area contributed by atoms with Gasteiger partial charge in [-0.1, -0.05) is 30.3 Å². The SMILES string of the molecule is CC1=NN(c2ccc(C)c(C)c2)C(=O)C1=NNc1cccc(-c2ccc(C(=O)O)cc2)c1O. The van der Waals surface area contributed by atoms with Gasteiger partial charge < -0.3 is 10.2 Å². The Kier molecular flexibility index (Phi) is 5.66. The second-order valence-electron chi connectivity index (χ2n) is 7.73. The zero-order valence-corrected chi connectivity index (χ0v) is 18.3. The quantitative estimate of drug-likeness (QED) is 0.396. The van der Waals surface area contributed by atoms with Crippen molar-refractivity contribution in [2.45, 2.75) is 20.8 Å². The van der Waals surface area contributed by atoms with Crippen LogP contribution in [-0.4, -0.2) is 33.5 Å². The van der Waals surface area contributed by atoms with Gasteiger partial charge in [0, 0.05) is 5.56 Å². The Labute approximate surface area is 190 Å². The lowest BCUT2D eigenvalue weighted by molar-refractivity contribution is -0.112. The molecule has 1 aliphatic heterocycles. The minimum absolute atomic E-state index is 0.0732. The third kappa shape index (κ3) is 4.18. The number of hydrogen-bond donors (Lipinski definition) is 3. The molecular formula is C25H22N4O4. The van der Waals surface area contributed by atoms with Crippen molar-refractivity contribution in [3.63, 3.8) is 0 Å². The number of carboxylic acid groups (broad SMARTS) is 1. The van der Waals surface area contributed by atoms with Crippen molar-refractivity contribution in [1.82, 2.24) is 0 Å². The standard InChI is InChI=1S/C25H22N4O4/c1-14-7-12-19(13-15(14)2)29-24(31)22(16(3)28-29)27-26-21-6-4-5-20(23(21)30)17-8-10-18(11-9-17)25(32)33/h4-13,26,30H,1-3H3,(H,32,33). The highest BCUT2D eigenvalue weighted by molar-refractivity contribution is 6.71. The highest BCUT2D eigenvalue weighted by atomic mass is 16.4. The molecule has 3 aromatic rings. The van der Waals surface area contributed by atoms with E-state index < -0.39 is 5.97 Å². The average Bonchev–Trinajstić information content (AvgIpc) is 3.08. The molecule has 1 amide bonds. The predicted molar refractivity (Wildman–Crippen MR) is 128 cm³/mol. The van der Waals surface area contributed by atoms with E-state index in [1.54, 1.807) is 37.3 Å². The van der Waals surface area contributed by atoms with Crippen LogP contribution in [0.25, 0.3) is 11.1 Å². The fourth-order valence-electron chi connectivity index (χ4n) is 3.43. The number of benzene rings is 3. The lowest BCUT2D eigenvalue weighted by atomic mass is 10.0. The van der Waals surface area contributed by atoms with Crippen LogP contribution in [0.5, 0.6) is 5.75 Å². The second-order valence-corrected chi connectivity index (χ2v) is 7.73. The maximum Gasteiger partial charge on any atom is 0.335 e. The van der Waals surface area contributed by atoms with Crippen molar-refractivity contribution in [1.29, 1.82) is 0 Å². The first-order valence-corrected chi connectivity index (χ1v) is 10.2. The summed E-state index contributed by atoms with van der Waals surface area (Å²) in [6.45, 7) is 5.66. The topological polar surface area (TPSA) is 115 Å². The zero-order valence-electron chi connectivity index (χ0n) is 18.3. The van der Waals surface area contributed by atoms with Gasteiger partial charge in [-0.05, 0) is 67.8 Å². The monoisotopic (exact) mass is 442 g/mol. The van der Waals surface area contributed by atoms with Crippen LogP contribution >= 0.6 is 0 Å². The number of rotatable bonds is 5. The van der Waals surface area contributed by atoms with Gasteiger partial charge in [0.15, 0.2) is 5.71 Å². The van der Waals surface area contributed by atoms with E-state index in [1.807, 2.05) is 32.0 Å². The molecule has 1 heterocycles. The average molecular weight is 442 g/mol. The Morgan fingerprint density at radius 3 is 2.39 bits per heavy atom. The van der Waals surface area contributed by atoms with Crippen molar-refractivity contribution in [3.05, 3.63) is 77.4 Å². The van der Waals surface area contributed by atoms with Gasteiger partial charge in [0.25, 0.3) is 0 Å². The third-order valence-electron chi connectivity index (χ3n) is 5.49. The Morgan fingerprint density at radius 2 is 1.73 bits per heavy atom. The molecule has 0 saturated carbocycles. The molecule has 8 nitrogen and oxygen atoms in total. The van der Waals surface area contributed by atoms with E-state index in [4.69, 9.17) is 5.11 Å². The maximum absolute atomic E-state index is 12.9. The van der Waals surface area contributed by atoms with E-state index in [0.717, 1.165) is 11.1 Å². The number of aromatic carboxylic acids is 1. The van der Waals surface area contributed by atoms with Crippen LogP contribution in [0.3, 0.4) is 0 Å². The number of aromatic hydroxyl groups is 1. The van der Waals surface area contributed by atoms with Gasteiger partial charge in [-0.2, -0.15) is 15.2 Å². The number of hydrogen-bond acceptors (Lipinski definition) is 6. The molecule has 0 radical (unpaired) electrons. The Balaban J connectivity index is 1.58. The molecule has 3 aromatic carbocycles. The number of anilines is 2. The Morgan fingerprint density at radius 1 is 1.00 bits per heavy atom. The summed E-state index contributed by atoms with van der Waals surface area (Å²) in [5.41, 5.74) is 7.77. The number of nitrogens with one attached hydrogen (secondary N) is 1. The van der Waals surface area contributed by atoms with Crippen LogP contribution in [0, 0.1) is 13.8 Å². The summed E-state index contributed by atoms with van der Waals surface area (Å²) >= 11 is 0. The summed E-state index contributed by atoms with van der Waals surface area (Å²) in [6.07, 6.45) is 0. The molecule has 0 spiro atoms. The predicted octanol–water partition coefficient (Wildman–Crippen LogP) is 4.56. The summed E-state index contributed by atoms with van der Waals surface area (Å²) < 4.78 is 0. The van der Waals surface area contributed by atoms with Crippen molar-refractivity contribution >= 4 is 34.7 Å². The molecule has 1 aliphatic rings. The molecule has 3 N–H and O–H groups in total. The number of aryl methyl sites for hydroxylation is 2. The van der Waals surface area contributed by atoms with E-state index >= 15 is 0 Å². The Hall–Kier alpha value is -4.46. The van der Waals surface area contributed by atoms with Gasteiger partial charge in [-0.15, -0.1) is 0 Å². The molecule has 166 valence electrons. The molecule has 0 atom stereocenters. The summed E-state index contributed by atoms with van der Waals surface area (Å²) in [7, 11) is 0. The molecule has 0 fully saturated rings. The van der Waals surface area contributed by atoms with Crippen LogP contribution < -0.4 is 10.4 Å². The maximum atomic E-state index is 12.9. The van der Waals surface area contributed by atoms with Crippen LogP contribution in [0.2, 0.25) is 0 Å². The first-order valence-electron chi connectivity index (χ1n) is 10.2.